The Morgan fingerprint density at radius 3 is 2.85 bits per heavy atom. The summed E-state index contributed by atoms with van der Waals surface area (Å²) in [5.74, 6) is 0.915. The second kappa shape index (κ2) is 8.01. The predicted octanol–water partition coefficient (Wildman–Crippen LogP) is 2.79. The molecule has 138 valence electrons. The van der Waals surface area contributed by atoms with E-state index in [9.17, 15) is 4.79 Å². The van der Waals surface area contributed by atoms with Crippen molar-refractivity contribution in [1.29, 1.82) is 0 Å². The van der Waals surface area contributed by atoms with Crippen molar-refractivity contribution in [2.75, 3.05) is 36.5 Å². The Balaban J connectivity index is 1.39. The van der Waals surface area contributed by atoms with Crippen LogP contribution in [-0.2, 0) is 11.3 Å². The molecule has 1 aliphatic heterocycles. The van der Waals surface area contributed by atoms with Crippen LogP contribution in [0, 0.1) is 0 Å². The van der Waals surface area contributed by atoms with Crippen LogP contribution in [0.1, 0.15) is 5.56 Å². The molecule has 7 nitrogen and oxygen atoms in total. The lowest BCUT2D eigenvalue weighted by atomic mass is 10.2. The van der Waals surface area contributed by atoms with Gasteiger partial charge in [-0.2, -0.15) is 0 Å². The zero-order valence-corrected chi connectivity index (χ0v) is 14.9. The third-order valence-corrected chi connectivity index (χ3v) is 4.49. The number of anilines is 2. The minimum atomic E-state index is -0.254. The highest BCUT2D eigenvalue weighted by molar-refractivity contribution is 6.00. The molecular weight excluding hydrogens is 342 g/mol. The quantitative estimate of drug-likeness (QED) is 0.745. The maximum Gasteiger partial charge on any atom is 0.319 e. The van der Waals surface area contributed by atoms with E-state index in [1.807, 2.05) is 42.5 Å². The molecule has 0 spiro atoms. The van der Waals surface area contributed by atoms with Crippen molar-refractivity contribution >= 4 is 28.4 Å². The summed E-state index contributed by atoms with van der Waals surface area (Å²) in [6.07, 6.45) is 3.51. The predicted molar refractivity (Wildman–Crippen MR) is 105 cm³/mol. The molecule has 2 amide bonds. The van der Waals surface area contributed by atoms with E-state index in [0.717, 1.165) is 41.1 Å². The Labute approximate surface area is 157 Å². The van der Waals surface area contributed by atoms with Gasteiger partial charge in [0.15, 0.2) is 0 Å². The number of hydrogen-bond acceptors (Lipinski definition) is 5. The second-order valence-electron chi connectivity index (χ2n) is 6.31. The lowest BCUT2D eigenvalue weighted by Crippen LogP contribution is -2.36. The van der Waals surface area contributed by atoms with Gasteiger partial charge in [0.1, 0.15) is 5.82 Å². The zero-order chi connectivity index (χ0) is 18.5. The molecule has 0 saturated carbocycles. The van der Waals surface area contributed by atoms with Gasteiger partial charge in [0.05, 0.1) is 24.4 Å². The number of morpholine rings is 1. The van der Waals surface area contributed by atoms with Crippen LogP contribution in [0.2, 0.25) is 0 Å². The fourth-order valence-corrected chi connectivity index (χ4v) is 3.10. The van der Waals surface area contributed by atoms with Crippen LogP contribution < -0.4 is 15.5 Å². The molecular formula is C20H21N5O2. The van der Waals surface area contributed by atoms with Crippen LogP contribution in [0.5, 0.6) is 0 Å². The number of hydrogen-bond donors (Lipinski definition) is 2. The minimum absolute atomic E-state index is 0.254. The van der Waals surface area contributed by atoms with E-state index < -0.39 is 0 Å². The van der Waals surface area contributed by atoms with Crippen LogP contribution in [-0.4, -0.2) is 42.3 Å². The fourth-order valence-electron chi connectivity index (χ4n) is 3.10. The average Bonchev–Trinajstić information content (AvgIpc) is 2.73. The van der Waals surface area contributed by atoms with E-state index in [1.165, 1.54) is 0 Å². The van der Waals surface area contributed by atoms with E-state index in [0.29, 0.717) is 19.8 Å². The zero-order valence-electron chi connectivity index (χ0n) is 14.9. The van der Waals surface area contributed by atoms with Gasteiger partial charge in [-0.05, 0) is 42.0 Å². The lowest BCUT2D eigenvalue weighted by Gasteiger charge is -2.28. The number of carbonyl (C=O) groups is 1. The molecule has 27 heavy (non-hydrogen) atoms. The summed E-state index contributed by atoms with van der Waals surface area (Å²) < 4.78 is 5.38. The second-order valence-corrected chi connectivity index (χ2v) is 6.31. The number of benzene rings is 1. The number of pyridine rings is 2. The average molecular weight is 363 g/mol. The number of fused-ring (bicyclic) bond motifs is 1. The highest BCUT2D eigenvalue weighted by atomic mass is 16.5. The molecule has 1 aromatic carbocycles. The smallest absolute Gasteiger partial charge is 0.319 e. The van der Waals surface area contributed by atoms with Crippen molar-refractivity contribution in [2.24, 2.45) is 0 Å². The third-order valence-electron chi connectivity index (χ3n) is 4.49. The Morgan fingerprint density at radius 2 is 1.96 bits per heavy atom. The van der Waals surface area contributed by atoms with Gasteiger partial charge in [0, 0.05) is 37.4 Å². The molecule has 2 aromatic heterocycles. The summed E-state index contributed by atoms with van der Waals surface area (Å²) in [4.78, 5) is 23.3. The first-order valence-corrected chi connectivity index (χ1v) is 8.96. The number of aromatic nitrogens is 2. The highest BCUT2D eigenvalue weighted by Crippen LogP contribution is 2.21. The van der Waals surface area contributed by atoms with Crippen molar-refractivity contribution < 1.29 is 9.53 Å². The number of rotatable bonds is 4. The molecule has 0 bridgehead atoms. The van der Waals surface area contributed by atoms with Crippen molar-refractivity contribution in [3.05, 3.63) is 60.4 Å². The summed E-state index contributed by atoms with van der Waals surface area (Å²) >= 11 is 0. The van der Waals surface area contributed by atoms with E-state index in [-0.39, 0.29) is 6.03 Å². The Hall–Kier alpha value is -3.19. The number of nitrogens with zero attached hydrogens (tertiary/aromatic N) is 3. The van der Waals surface area contributed by atoms with Gasteiger partial charge in [-0.1, -0.05) is 6.07 Å². The van der Waals surface area contributed by atoms with Gasteiger partial charge in [0.25, 0.3) is 0 Å². The topological polar surface area (TPSA) is 79.4 Å². The summed E-state index contributed by atoms with van der Waals surface area (Å²) in [5.41, 5.74) is 2.59. The van der Waals surface area contributed by atoms with Crippen molar-refractivity contribution in [3.8, 4) is 0 Å². The molecule has 0 radical (unpaired) electrons. The molecule has 1 fully saturated rings. The van der Waals surface area contributed by atoms with E-state index in [4.69, 9.17) is 4.74 Å². The van der Waals surface area contributed by atoms with Gasteiger partial charge < -0.3 is 20.3 Å². The van der Waals surface area contributed by atoms with Crippen LogP contribution in [0.3, 0.4) is 0 Å². The molecule has 3 heterocycles. The number of urea groups is 1. The van der Waals surface area contributed by atoms with Crippen molar-refractivity contribution in [3.63, 3.8) is 0 Å². The maximum absolute atomic E-state index is 12.3. The lowest BCUT2D eigenvalue weighted by molar-refractivity contribution is 0.122. The summed E-state index contributed by atoms with van der Waals surface area (Å²) in [6, 6.07) is 13.1. The molecule has 1 aliphatic rings. The van der Waals surface area contributed by atoms with Gasteiger partial charge >= 0.3 is 6.03 Å². The fraction of sp³-hybridized carbons (Fsp3) is 0.250. The Bertz CT molecular complexity index is 935. The van der Waals surface area contributed by atoms with Crippen LogP contribution in [0.4, 0.5) is 16.3 Å². The number of ether oxygens (including phenoxy) is 1. The largest absolute Gasteiger partial charge is 0.378 e. The monoisotopic (exact) mass is 363 g/mol. The molecule has 4 rings (SSSR count). The van der Waals surface area contributed by atoms with Gasteiger partial charge in [-0.25, -0.2) is 9.78 Å². The van der Waals surface area contributed by atoms with Crippen LogP contribution in [0.15, 0.2) is 54.9 Å². The first-order chi connectivity index (χ1) is 13.3. The van der Waals surface area contributed by atoms with Crippen LogP contribution in [0.25, 0.3) is 10.9 Å². The Kier molecular flexibility index (Phi) is 5.11. The number of amides is 2. The van der Waals surface area contributed by atoms with Crippen molar-refractivity contribution in [1.82, 2.24) is 15.3 Å². The first kappa shape index (κ1) is 17.2. The molecule has 2 N–H and O–H groups in total. The van der Waals surface area contributed by atoms with E-state index >= 15 is 0 Å². The molecule has 1 saturated heterocycles. The van der Waals surface area contributed by atoms with E-state index in [1.54, 1.807) is 12.4 Å². The van der Waals surface area contributed by atoms with E-state index in [2.05, 4.69) is 25.5 Å². The normalized spacial score (nSPS) is 14.1. The molecule has 3 aromatic rings. The van der Waals surface area contributed by atoms with Gasteiger partial charge in [-0.15, -0.1) is 0 Å². The summed E-state index contributed by atoms with van der Waals surface area (Å²) in [6.45, 7) is 3.52. The minimum Gasteiger partial charge on any atom is -0.378 e. The first-order valence-electron chi connectivity index (χ1n) is 8.96. The summed E-state index contributed by atoms with van der Waals surface area (Å²) in [5, 5.41) is 6.71. The highest BCUT2D eigenvalue weighted by Gasteiger charge is 2.13. The number of nitrogens with one attached hydrogen (secondary N) is 2. The molecule has 7 heteroatoms. The molecule has 0 atom stereocenters. The standard InChI is InChI=1S/C20H21N5O2/c26-20(24-18-5-1-4-17-16(18)3-2-7-21-17)23-14-15-6-8-22-19(13-15)25-9-11-27-12-10-25/h1-8,13H,9-12,14H2,(H2,23,24,26). The number of carbonyl (C=O) groups excluding carboxylic acids is 1. The maximum atomic E-state index is 12.3. The SMILES string of the molecule is O=C(NCc1ccnc(N2CCOCC2)c1)Nc1cccc2ncccc12. The van der Waals surface area contributed by atoms with Crippen molar-refractivity contribution in [2.45, 2.75) is 6.54 Å². The molecule has 0 unspecified atom stereocenters. The van der Waals surface area contributed by atoms with Crippen LogP contribution >= 0.6 is 0 Å². The summed E-state index contributed by atoms with van der Waals surface area (Å²) in [7, 11) is 0. The third kappa shape index (κ3) is 4.15. The van der Waals surface area contributed by atoms with Gasteiger partial charge in [-0.3, -0.25) is 4.98 Å². The van der Waals surface area contributed by atoms with Gasteiger partial charge in [0.2, 0.25) is 0 Å². The molecule has 0 aliphatic carbocycles. The Morgan fingerprint density at radius 1 is 1.07 bits per heavy atom.